The zero-order chi connectivity index (χ0) is 14.0. The highest BCUT2D eigenvalue weighted by molar-refractivity contribution is 6.31. The first kappa shape index (κ1) is 14.4. The molecule has 4 nitrogen and oxygen atoms in total. The summed E-state index contributed by atoms with van der Waals surface area (Å²) in [6, 6.07) is 2.68. The summed E-state index contributed by atoms with van der Waals surface area (Å²) >= 11 is 5.67. The molecule has 1 saturated heterocycles. The third kappa shape index (κ3) is 3.29. The average molecular weight is 289 g/mol. The van der Waals surface area contributed by atoms with Gasteiger partial charge in [0.2, 0.25) is 0 Å². The second kappa shape index (κ2) is 5.53. The Kier molecular flexibility index (Phi) is 4.18. The monoisotopic (exact) mass is 288 g/mol. The summed E-state index contributed by atoms with van der Waals surface area (Å²) < 4.78 is 18.7. The molecule has 1 aromatic carbocycles. The predicted molar refractivity (Wildman–Crippen MR) is 74.1 cm³/mol. The van der Waals surface area contributed by atoms with Crippen molar-refractivity contribution in [3.05, 3.63) is 23.0 Å². The lowest BCUT2D eigenvalue weighted by molar-refractivity contribution is -0.0572. The van der Waals surface area contributed by atoms with E-state index >= 15 is 0 Å². The minimum Gasteiger partial charge on any atom is -0.397 e. The zero-order valence-corrected chi connectivity index (χ0v) is 11.6. The van der Waals surface area contributed by atoms with Gasteiger partial charge < -0.3 is 20.5 Å². The molecule has 3 N–H and O–H groups in total. The number of nitrogens with two attached hydrogens (primary N) is 1. The van der Waals surface area contributed by atoms with Gasteiger partial charge in [-0.2, -0.15) is 0 Å². The molecule has 0 atom stereocenters. The maximum absolute atomic E-state index is 13.5. The summed E-state index contributed by atoms with van der Waals surface area (Å²) in [5.74, 6) is -0.517. The molecule has 0 unspecified atom stereocenters. The summed E-state index contributed by atoms with van der Waals surface area (Å²) in [7, 11) is 1.77. The highest BCUT2D eigenvalue weighted by Gasteiger charge is 2.31. The first-order valence-corrected chi connectivity index (χ1v) is 6.55. The van der Waals surface area contributed by atoms with Gasteiger partial charge in [0.25, 0.3) is 0 Å². The molecule has 0 spiro atoms. The number of likely N-dealkylation sites (N-methyl/N-ethyl adjacent to an activating group) is 1. The van der Waals surface area contributed by atoms with E-state index in [0.717, 1.165) is 0 Å². The lowest BCUT2D eigenvalue weighted by atomic mass is 9.93. The van der Waals surface area contributed by atoms with E-state index in [-0.39, 0.29) is 5.02 Å². The molecule has 0 aliphatic carbocycles. The molecule has 0 aromatic heterocycles. The van der Waals surface area contributed by atoms with Crippen molar-refractivity contribution in [3.8, 4) is 0 Å². The van der Waals surface area contributed by atoms with E-state index in [2.05, 4.69) is 0 Å². The van der Waals surface area contributed by atoms with Crippen LogP contribution in [0.2, 0.25) is 5.02 Å². The molecule has 1 aliphatic rings. The van der Waals surface area contributed by atoms with Crippen molar-refractivity contribution in [1.82, 2.24) is 0 Å². The minimum atomic E-state index is -0.824. The van der Waals surface area contributed by atoms with Gasteiger partial charge in [-0.25, -0.2) is 4.39 Å². The van der Waals surface area contributed by atoms with Crippen LogP contribution in [0.15, 0.2) is 12.1 Å². The van der Waals surface area contributed by atoms with Crippen LogP contribution in [-0.2, 0) is 4.74 Å². The number of rotatable bonds is 3. The maximum atomic E-state index is 13.5. The summed E-state index contributed by atoms with van der Waals surface area (Å²) in [6.45, 7) is 1.45. The van der Waals surface area contributed by atoms with E-state index in [4.69, 9.17) is 22.1 Å². The number of nitrogen functional groups attached to an aromatic ring is 1. The Bertz CT molecular complexity index is 464. The highest BCUT2D eigenvalue weighted by Crippen LogP contribution is 2.31. The number of hydrogen-bond donors (Lipinski definition) is 2. The van der Waals surface area contributed by atoms with Crippen LogP contribution >= 0.6 is 11.6 Å². The minimum absolute atomic E-state index is 0.000530. The third-order valence-corrected chi connectivity index (χ3v) is 3.73. The van der Waals surface area contributed by atoms with Crippen LogP contribution in [0.4, 0.5) is 15.8 Å². The molecule has 0 bridgehead atoms. The number of halogens is 2. The SMILES string of the molecule is CN(CC1(O)CCOCC1)c1cc(F)c(Cl)cc1N. The standard InChI is InChI=1S/C13H18ClFN2O2/c1-17(8-13(18)2-4-19-5-3-13)12-7-10(15)9(14)6-11(12)16/h6-7,18H,2-5,8,16H2,1H3. The molecule has 1 heterocycles. The molecule has 2 rings (SSSR count). The number of anilines is 2. The van der Waals surface area contributed by atoms with Gasteiger partial charge in [-0.05, 0) is 6.07 Å². The third-order valence-electron chi connectivity index (χ3n) is 3.44. The Morgan fingerprint density at radius 2 is 2.11 bits per heavy atom. The van der Waals surface area contributed by atoms with Crippen LogP contribution in [0, 0.1) is 5.82 Å². The quantitative estimate of drug-likeness (QED) is 0.836. The number of benzene rings is 1. The predicted octanol–water partition coefficient (Wildman–Crippen LogP) is 2.04. The lowest BCUT2D eigenvalue weighted by Gasteiger charge is -2.36. The Balaban J connectivity index is 2.15. The first-order chi connectivity index (χ1) is 8.91. The summed E-state index contributed by atoms with van der Waals surface area (Å²) in [5.41, 5.74) is 5.94. The van der Waals surface area contributed by atoms with Crippen molar-refractivity contribution in [3.63, 3.8) is 0 Å². The largest absolute Gasteiger partial charge is 0.397 e. The average Bonchev–Trinajstić information content (AvgIpc) is 2.34. The summed E-state index contributed by atoms with van der Waals surface area (Å²) in [5, 5.41) is 10.4. The second-order valence-corrected chi connectivity index (χ2v) is 5.43. The van der Waals surface area contributed by atoms with Crippen molar-refractivity contribution >= 4 is 23.0 Å². The molecule has 0 amide bonds. The zero-order valence-electron chi connectivity index (χ0n) is 10.8. The van der Waals surface area contributed by atoms with Gasteiger partial charge in [-0.15, -0.1) is 0 Å². The normalized spacial score (nSPS) is 18.3. The molecule has 1 aliphatic heterocycles. The smallest absolute Gasteiger partial charge is 0.144 e. The Hall–Kier alpha value is -1.04. The molecular weight excluding hydrogens is 271 g/mol. The number of aliphatic hydroxyl groups is 1. The fourth-order valence-electron chi connectivity index (χ4n) is 2.32. The maximum Gasteiger partial charge on any atom is 0.144 e. The van der Waals surface area contributed by atoms with E-state index in [0.29, 0.717) is 44.0 Å². The second-order valence-electron chi connectivity index (χ2n) is 5.02. The van der Waals surface area contributed by atoms with E-state index < -0.39 is 11.4 Å². The van der Waals surface area contributed by atoms with Crippen LogP contribution in [0.3, 0.4) is 0 Å². The number of hydrogen-bond acceptors (Lipinski definition) is 4. The van der Waals surface area contributed by atoms with Gasteiger partial charge in [-0.1, -0.05) is 11.6 Å². The van der Waals surface area contributed by atoms with E-state index in [9.17, 15) is 9.50 Å². The molecule has 0 saturated carbocycles. The van der Waals surface area contributed by atoms with Crippen LogP contribution in [0.1, 0.15) is 12.8 Å². The Labute approximate surface area is 116 Å². The van der Waals surface area contributed by atoms with Crippen LogP contribution in [-0.4, -0.2) is 37.5 Å². The molecule has 0 radical (unpaired) electrons. The van der Waals surface area contributed by atoms with Crippen molar-refractivity contribution < 1.29 is 14.2 Å². The summed E-state index contributed by atoms with van der Waals surface area (Å²) in [4.78, 5) is 1.75. The molecular formula is C13H18ClFN2O2. The van der Waals surface area contributed by atoms with Gasteiger partial charge in [0.1, 0.15) is 5.82 Å². The van der Waals surface area contributed by atoms with Crippen LogP contribution in [0.25, 0.3) is 0 Å². The lowest BCUT2D eigenvalue weighted by Crippen LogP contribution is -2.45. The van der Waals surface area contributed by atoms with Crippen molar-refractivity contribution in [2.24, 2.45) is 0 Å². The van der Waals surface area contributed by atoms with E-state index in [1.54, 1.807) is 11.9 Å². The molecule has 106 valence electrons. The first-order valence-electron chi connectivity index (χ1n) is 6.17. The molecule has 1 fully saturated rings. The Morgan fingerprint density at radius 1 is 1.47 bits per heavy atom. The van der Waals surface area contributed by atoms with Gasteiger partial charge in [0.15, 0.2) is 0 Å². The molecule has 6 heteroatoms. The molecule has 1 aromatic rings. The van der Waals surface area contributed by atoms with Gasteiger partial charge >= 0.3 is 0 Å². The van der Waals surface area contributed by atoms with Crippen molar-refractivity contribution in [2.45, 2.75) is 18.4 Å². The topological polar surface area (TPSA) is 58.7 Å². The summed E-state index contributed by atoms with van der Waals surface area (Å²) in [6.07, 6.45) is 1.13. The number of nitrogens with zero attached hydrogens (tertiary/aromatic N) is 1. The van der Waals surface area contributed by atoms with Crippen LogP contribution in [0.5, 0.6) is 0 Å². The van der Waals surface area contributed by atoms with E-state index in [1.165, 1.54) is 12.1 Å². The van der Waals surface area contributed by atoms with Gasteiger partial charge in [0, 0.05) is 45.7 Å². The fraction of sp³-hybridized carbons (Fsp3) is 0.538. The van der Waals surface area contributed by atoms with Gasteiger partial charge in [-0.3, -0.25) is 0 Å². The van der Waals surface area contributed by atoms with Crippen LogP contribution < -0.4 is 10.6 Å². The number of ether oxygens (including phenoxy) is 1. The van der Waals surface area contributed by atoms with E-state index in [1.807, 2.05) is 0 Å². The molecule has 19 heavy (non-hydrogen) atoms. The Morgan fingerprint density at radius 3 is 2.74 bits per heavy atom. The van der Waals surface area contributed by atoms with Crippen molar-refractivity contribution in [1.29, 1.82) is 0 Å². The highest BCUT2D eigenvalue weighted by atomic mass is 35.5. The van der Waals surface area contributed by atoms with Gasteiger partial charge in [0.05, 0.1) is 22.0 Å². The van der Waals surface area contributed by atoms with Crippen molar-refractivity contribution in [2.75, 3.05) is 37.4 Å². The fourth-order valence-corrected chi connectivity index (χ4v) is 2.49.